The van der Waals surface area contributed by atoms with Gasteiger partial charge in [-0.1, -0.05) is 18.2 Å². The van der Waals surface area contributed by atoms with Gasteiger partial charge in [0, 0.05) is 25.3 Å². The molecule has 3 N–H and O–H groups in total. The van der Waals surface area contributed by atoms with Crippen molar-refractivity contribution in [1.29, 1.82) is 0 Å². The quantitative estimate of drug-likeness (QED) is 0.837. The molecule has 1 fully saturated rings. The van der Waals surface area contributed by atoms with Crippen molar-refractivity contribution in [3.05, 3.63) is 29.8 Å². The normalized spacial score (nSPS) is 16.8. The van der Waals surface area contributed by atoms with Gasteiger partial charge in [-0.15, -0.1) is 25.6 Å². The zero-order valence-corrected chi connectivity index (χ0v) is 13.7. The summed E-state index contributed by atoms with van der Waals surface area (Å²) in [5, 5.41) is 2.57. The topological polar surface area (TPSA) is 73.6 Å². The van der Waals surface area contributed by atoms with Gasteiger partial charge in [0.1, 0.15) is 5.75 Å². The van der Waals surface area contributed by atoms with Gasteiger partial charge in [0.25, 0.3) is 0 Å². The third kappa shape index (κ3) is 6.18. The molecule has 9 heteroatoms. The van der Waals surface area contributed by atoms with E-state index in [4.69, 9.17) is 10.5 Å². The van der Waals surface area contributed by atoms with Gasteiger partial charge >= 0.3 is 6.36 Å². The third-order valence-corrected chi connectivity index (χ3v) is 3.73. The number of nitrogens with two attached hydrogens (primary N) is 1. The standard InChI is InChI=1S/C15H19F3N2O3.ClH/c16-15(17,18)23-12-4-2-1-3-11(12)9-20-14(21)13(19)10-5-7-22-8-6-10;/h1-4,10,13H,5-9,19H2,(H,20,21);1H. The number of rotatable bonds is 5. The van der Waals surface area contributed by atoms with Crippen LogP contribution in [0.25, 0.3) is 0 Å². The van der Waals surface area contributed by atoms with E-state index >= 15 is 0 Å². The molecular weight excluding hydrogens is 349 g/mol. The Bertz CT molecular complexity index is 537. The summed E-state index contributed by atoms with van der Waals surface area (Å²) in [7, 11) is 0. The number of benzene rings is 1. The largest absolute Gasteiger partial charge is 0.573 e. The van der Waals surface area contributed by atoms with Crippen LogP contribution in [0.5, 0.6) is 5.75 Å². The fourth-order valence-electron chi connectivity index (χ4n) is 2.46. The van der Waals surface area contributed by atoms with E-state index in [0.29, 0.717) is 26.1 Å². The van der Waals surface area contributed by atoms with Crippen LogP contribution in [0.4, 0.5) is 13.2 Å². The molecular formula is C15H20ClF3N2O3. The van der Waals surface area contributed by atoms with Crippen LogP contribution in [-0.4, -0.2) is 31.5 Å². The third-order valence-electron chi connectivity index (χ3n) is 3.73. The Hall–Kier alpha value is -1.51. The zero-order valence-electron chi connectivity index (χ0n) is 12.8. The number of nitrogens with one attached hydrogen (secondary N) is 1. The van der Waals surface area contributed by atoms with Crippen molar-refractivity contribution in [2.45, 2.75) is 31.8 Å². The van der Waals surface area contributed by atoms with Crippen molar-refractivity contribution < 1.29 is 27.4 Å². The minimum Gasteiger partial charge on any atom is -0.405 e. The molecule has 0 bridgehead atoms. The molecule has 1 saturated heterocycles. The van der Waals surface area contributed by atoms with E-state index in [-0.39, 0.29) is 36.2 Å². The summed E-state index contributed by atoms with van der Waals surface area (Å²) in [6.45, 7) is 1.05. The molecule has 2 rings (SSSR count). The van der Waals surface area contributed by atoms with Gasteiger partial charge < -0.3 is 20.5 Å². The molecule has 0 spiro atoms. The van der Waals surface area contributed by atoms with E-state index in [0.717, 1.165) is 0 Å². The molecule has 1 aromatic rings. The summed E-state index contributed by atoms with van der Waals surface area (Å²) < 4.78 is 46.2. The average molecular weight is 369 g/mol. The Kier molecular flexibility index (Phi) is 7.78. The molecule has 24 heavy (non-hydrogen) atoms. The zero-order chi connectivity index (χ0) is 16.9. The molecule has 1 unspecified atom stereocenters. The van der Waals surface area contributed by atoms with Crippen molar-refractivity contribution >= 4 is 18.3 Å². The Labute approximate surface area is 144 Å². The maximum Gasteiger partial charge on any atom is 0.573 e. The SMILES string of the molecule is Cl.NC(C(=O)NCc1ccccc1OC(F)(F)F)C1CCOCC1. The molecule has 5 nitrogen and oxygen atoms in total. The van der Waals surface area contributed by atoms with E-state index in [1.807, 2.05) is 0 Å². The van der Waals surface area contributed by atoms with Crippen molar-refractivity contribution in [3.8, 4) is 5.75 Å². The summed E-state index contributed by atoms with van der Waals surface area (Å²) in [4.78, 5) is 12.1. The molecule has 1 aliphatic heterocycles. The number of carbonyl (C=O) groups is 1. The monoisotopic (exact) mass is 368 g/mol. The summed E-state index contributed by atoms with van der Waals surface area (Å²) in [6, 6.07) is 4.97. The Balaban J connectivity index is 0.00000288. The second kappa shape index (κ2) is 9.10. The highest BCUT2D eigenvalue weighted by atomic mass is 35.5. The Morgan fingerprint density at radius 1 is 1.33 bits per heavy atom. The van der Waals surface area contributed by atoms with Crippen LogP contribution in [0, 0.1) is 5.92 Å². The van der Waals surface area contributed by atoms with Crippen molar-refractivity contribution in [2.24, 2.45) is 11.7 Å². The van der Waals surface area contributed by atoms with Crippen molar-refractivity contribution in [1.82, 2.24) is 5.32 Å². The van der Waals surface area contributed by atoms with Crippen molar-refractivity contribution in [2.75, 3.05) is 13.2 Å². The first-order valence-electron chi connectivity index (χ1n) is 7.31. The number of ether oxygens (including phenoxy) is 2. The summed E-state index contributed by atoms with van der Waals surface area (Å²) >= 11 is 0. The number of halogens is 4. The lowest BCUT2D eigenvalue weighted by atomic mass is 9.92. The first-order chi connectivity index (χ1) is 10.9. The van der Waals surface area contributed by atoms with Gasteiger partial charge in [0.15, 0.2) is 0 Å². The fraction of sp³-hybridized carbons (Fsp3) is 0.533. The lowest BCUT2D eigenvalue weighted by molar-refractivity contribution is -0.274. The van der Waals surface area contributed by atoms with Crippen LogP contribution >= 0.6 is 12.4 Å². The van der Waals surface area contributed by atoms with Crippen LogP contribution in [0.2, 0.25) is 0 Å². The van der Waals surface area contributed by atoms with Crippen LogP contribution in [-0.2, 0) is 16.1 Å². The fourth-order valence-corrected chi connectivity index (χ4v) is 2.46. The number of carbonyl (C=O) groups excluding carboxylic acids is 1. The molecule has 1 aliphatic rings. The van der Waals surface area contributed by atoms with Gasteiger partial charge in [-0.3, -0.25) is 4.79 Å². The minimum atomic E-state index is -4.78. The van der Waals surface area contributed by atoms with Crippen LogP contribution in [0.1, 0.15) is 18.4 Å². The molecule has 1 aromatic carbocycles. The van der Waals surface area contributed by atoms with E-state index < -0.39 is 18.3 Å². The Morgan fingerprint density at radius 2 is 1.96 bits per heavy atom. The first-order valence-corrected chi connectivity index (χ1v) is 7.31. The number of alkyl halides is 3. The number of hydrogen-bond donors (Lipinski definition) is 2. The van der Waals surface area contributed by atoms with E-state index in [1.165, 1.54) is 18.2 Å². The van der Waals surface area contributed by atoms with Gasteiger partial charge in [0.2, 0.25) is 5.91 Å². The minimum absolute atomic E-state index is 0. The van der Waals surface area contributed by atoms with Gasteiger partial charge in [-0.2, -0.15) is 0 Å². The van der Waals surface area contributed by atoms with Gasteiger partial charge in [-0.25, -0.2) is 0 Å². The molecule has 0 saturated carbocycles. The maximum atomic E-state index is 12.3. The highest BCUT2D eigenvalue weighted by Gasteiger charge is 2.32. The van der Waals surface area contributed by atoms with Crippen molar-refractivity contribution in [3.63, 3.8) is 0 Å². The molecule has 1 heterocycles. The lowest BCUT2D eigenvalue weighted by Crippen LogP contribution is -2.46. The summed E-state index contributed by atoms with van der Waals surface area (Å²) in [5.41, 5.74) is 6.15. The summed E-state index contributed by atoms with van der Waals surface area (Å²) in [6.07, 6.45) is -3.39. The summed E-state index contributed by atoms with van der Waals surface area (Å²) in [5.74, 6) is -0.705. The molecule has 1 atom stereocenters. The van der Waals surface area contributed by atoms with E-state index in [1.54, 1.807) is 6.07 Å². The van der Waals surface area contributed by atoms with Gasteiger partial charge in [-0.05, 0) is 24.8 Å². The van der Waals surface area contributed by atoms with Crippen LogP contribution < -0.4 is 15.8 Å². The number of amides is 1. The molecule has 0 aromatic heterocycles. The molecule has 0 aliphatic carbocycles. The molecule has 136 valence electrons. The Morgan fingerprint density at radius 3 is 2.58 bits per heavy atom. The first kappa shape index (κ1) is 20.5. The highest BCUT2D eigenvalue weighted by molar-refractivity contribution is 5.85. The highest BCUT2D eigenvalue weighted by Crippen LogP contribution is 2.26. The predicted molar refractivity (Wildman–Crippen MR) is 83.7 cm³/mol. The van der Waals surface area contributed by atoms with E-state index in [9.17, 15) is 18.0 Å². The molecule has 1 amide bonds. The number of para-hydroxylation sites is 1. The van der Waals surface area contributed by atoms with Crippen LogP contribution in [0.15, 0.2) is 24.3 Å². The smallest absolute Gasteiger partial charge is 0.405 e. The van der Waals surface area contributed by atoms with E-state index in [2.05, 4.69) is 10.1 Å². The maximum absolute atomic E-state index is 12.3. The second-order valence-electron chi connectivity index (χ2n) is 5.35. The van der Waals surface area contributed by atoms with Crippen LogP contribution in [0.3, 0.4) is 0 Å². The predicted octanol–water partition coefficient (Wildman–Crippen LogP) is 2.38. The number of hydrogen-bond acceptors (Lipinski definition) is 4. The lowest BCUT2D eigenvalue weighted by Gasteiger charge is -2.26. The molecule has 0 radical (unpaired) electrons. The average Bonchev–Trinajstić information content (AvgIpc) is 2.52. The second-order valence-corrected chi connectivity index (χ2v) is 5.35. The van der Waals surface area contributed by atoms with Gasteiger partial charge in [0.05, 0.1) is 6.04 Å².